The van der Waals surface area contributed by atoms with Gasteiger partial charge in [0, 0.05) is 26.2 Å². The predicted molar refractivity (Wildman–Crippen MR) is 40.0 cm³/mol. The van der Waals surface area contributed by atoms with Gasteiger partial charge in [-0.2, -0.15) is 0 Å². The lowest BCUT2D eigenvalue weighted by Gasteiger charge is -2.12. The first-order chi connectivity index (χ1) is 5.36. The molecule has 2 heterocycles. The molecule has 0 aliphatic carbocycles. The average Bonchev–Trinajstić information content (AvgIpc) is 2.55. The van der Waals surface area contributed by atoms with Crippen molar-refractivity contribution >= 4 is 5.91 Å². The zero-order valence-electron chi connectivity index (χ0n) is 6.51. The first-order valence-corrected chi connectivity index (χ1v) is 4.20. The molecule has 0 aromatic heterocycles. The lowest BCUT2D eigenvalue weighted by molar-refractivity contribution is -0.119. The Morgan fingerprint density at radius 3 is 2.91 bits per heavy atom. The molecule has 1 amide bonds. The Morgan fingerprint density at radius 1 is 1.45 bits per heavy atom. The zero-order valence-corrected chi connectivity index (χ0v) is 6.51. The van der Waals surface area contributed by atoms with Crippen molar-refractivity contribution in [3.05, 3.63) is 0 Å². The highest BCUT2D eigenvalue weighted by atomic mass is 16.5. The number of hydrogen-bond donors (Lipinski definition) is 1. The van der Waals surface area contributed by atoms with Crippen LogP contribution in [0.25, 0.3) is 0 Å². The van der Waals surface area contributed by atoms with Crippen LogP contribution in [-0.4, -0.2) is 25.7 Å². The second-order valence-electron chi connectivity index (χ2n) is 3.39. The van der Waals surface area contributed by atoms with Gasteiger partial charge in [0.25, 0.3) is 0 Å². The Balaban J connectivity index is 1.90. The Labute approximate surface area is 66.1 Å². The summed E-state index contributed by atoms with van der Waals surface area (Å²) in [6, 6.07) is 0. The maximum absolute atomic E-state index is 10.9. The van der Waals surface area contributed by atoms with Crippen LogP contribution in [0.5, 0.6) is 0 Å². The molecule has 0 bridgehead atoms. The van der Waals surface area contributed by atoms with Crippen LogP contribution in [0.4, 0.5) is 0 Å². The van der Waals surface area contributed by atoms with E-state index in [4.69, 9.17) is 4.74 Å². The van der Waals surface area contributed by atoms with Gasteiger partial charge in [0.15, 0.2) is 0 Å². The third kappa shape index (κ3) is 1.38. The van der Waals surface area contributed by atoms with Crippen molar-refractivity contribution in [3.8, 4) is 0 Å². The molecule has 0 saturated carbocycles. The maximum atomic E-state index is 10.9. The van der Waals surface area contributed by atoms with E-state index in [1.54, 1.807) is 0 Å². The van der Waals surface area contributed by atoms with Gasteiger partial charge >= 0.3 is 0 Å². The summed E-state index contributed by atoms with van der Waals surface area (Å²) in [7, 11) is 0. The van der Waals surface area contributed by atoms with Crippen molar-refractivity contribution in [2.24, 2.45) is 11.8 Å². The molecule has 2 atom stereocenters. The molecule has 2 unspecified atom stereocenters. The lowest BCUT2D eigenvalue weighted by Crippen LogP contribution is -2.18. The number of nitrogens with one attached hydrogen (secondary N) is 1. The highest BCUT2D eigenvalue weighted by Crippen LogP contribution is 2.26. The summed E-state index contributed by atoms with van der Waals surface area (Å²) in [5.41, 5.74) is 0. The molecule has 11 heavy (non-hydrogen) atoms. The average molecular weight is 155 g/mol. The summed E-state index contributed by atoms with van der Waals surface area (Å²) in [5.74, 6) is 1.39. The van der Waals surface area contributed by atoms with Crippen molar-refractivity contribution in [3.63, 3.8) is 0 Å². The van der Waals surface area contributed by atoms with Crippen LogP contribution in [-0.2, 0) is 9.53 Å². The molecule has 2 aliphatic rings. The molecule has 0 aromatic carbocycles. The molecule has 2 aliphatic heterocycles. The third-order valence-corrected chi connectivity index (χ3v) is 2.64. The summed E-state index contributed by atoms with van der Waals surface area (Å²) >= 11 is 0. The summed E-state index contributed by atoms with van der Waals surface area (Å²) in [5, 5.41) is 2.85. The molecule has 2 rings (SSSR count). The maximum Gasteiger partial charge on any atom is 0.220 e. The van der Waals surface area contributed by atoms with Gasteiger partial charge in [-0.25, -0.2) is 0 Å². The molecule has 3 nitrogen and oxygen atoms in total. The first kappa shape index (κ1) is 7.10. The van der Waals surface area contributed by atoms with E-state index in [9.17, 15) is 4.79 Å². The number of carbonyl (C=O) groups excluding carboxylic acids is 1. The van der Waals surface area contributed by atoms with Crippen LogP contribution < -0.4 is 5.32 Å². The van der Waals surface area contributed by atoms with Crippen molar-refractivity contribution in [2.45, 2.75) is 12.8 Å². The number of hydrogen-bond acceptors (Lipinski definition) is 2. The second-order valence-corrected chi connectivity index (χ2v) is 3.39. The fourth-order valence-corrected chi connectivity index (χ4v) is 1.89. The van der Waals surface area contributed by atoms with Crippen LogP contribution in [0.2, 0.25) is 0 Å². The van der Waals surface area contributed by atoms with Crippen LogP contribution in [0.3, 0.4) is 0 Å². The van der Waals surface area contributed by atoms with Crippen molar-refractivity contribution in [1.82, 2.24) is 5.32 Å². The van der Waals surface area contributed by atoms with E-state index in [0.29, 0.717) is 18.3 Å². The molecule has 0 radical (unpaired) electrons. The van der Waals surface area contributed by atoms with Crippen molar-refractivity contribution in [1.29, 1.82) is 0 Å². The van der Waals surface area contributed by atoms with E-state index < -0.39 is 0 Å². The van der Waals surface area contributed by atoms with Gasteiger partial charge in [-0.15, -0.1) is 0 Å². The van der Waals surface area contributed by atoms with E-state index in [1.807, 2.05) is 0 Å². The molecular weight excluding hydrogens is 142 g/mol. The number of rotatable bonds is 1. The second kappa shape index (κ2) is 2.81. The Bertz CT molecular complexity index is 163. The minimum absolute atomic E-state index is 0.210. The smallest absolute Gasteiger partial charge is 0.220 e. The molecule has 3 heteroatoms. The first-order valence-electron chi connectivity index (χ1n) is 4.20. The molecule has 0 spiro atoms. The predicted octanol–water partition coefficient (Wildman–Crippen LogP) is 0.159. The molecule has 2 saturated heterocycles. The molecule has 1 N–H and O–H groups in total. The van der Waals surface area contributed by atoms with E-state index in [0.717, 1.165) is 26.2 Å². The van der Waals surface area contributed by atoms with Crippen molar-refractivity contribution < 1.29 is 9.53 Å². The fourth-order valence-electron chi connectivity index (χ4n) is 1.89. The molecule has 62 valence electrons. The zero-order chi connectivity index (χ0) is 7.68. The topological polar surface area (TPSA) is 38.3 Å². The van der Waals surface area contributed by atoms with Gasteiger partial charge in [0.1, 0.15) is 0 Å². The largest absolute Gasteiger partial charge is 0.381 e. The van der Waals surface area contributed by atoms with Gasteiger partial charge in [-0.3, -0.25) is 4.79 Å². The Kier molecular flexibility index (Phi) is 1.82. The van der Waals surface area contributed by atoms with Crippen LogP contribution >= 0.6 is 0 Å². The normalized spacial score (nSPS) is 37.6. The fraction of sp³-hybridized carbons (Fsp3) is 0.875. The van der Waals surface area contributed by atoms with E-state index in [1.165, 1.54) is 0 Å². The summed E-state index contributed by atoms with van der Waals surface area (Å²) in [4.78, 5) is 10.9. The summed E-state index contributed by atoms with van der Waals surface area (Å²) < 4.78 is 5.27. The molecule has 2 fully saturated rings. The standard InChI is InChI=1S/C8H13NO2/c10-8-3-7(4-9-8)6-1-2-11-5-6/h6-7H,1-5H2,(H,9,10). The van der Waals surface area contributed by atoms with Crippen LogP contribution in [0.1, 0.15) is 12.8 Å². The number of carbonyl (C=O) groups is 1. The minimum Gasteiger partial charge on any atom is -0.381 e. The lowest BCUT2D eigenvalue weighted by atomic mass is 9.91. The minimum atomic E-state index is 0.210. The van der Waals surface area contributed by atoms with E-state index in [2.05, 4.69) is 5.32 Å². The van der Waals surface area contributed by atoms with E-state index in [-0.39, 0.29) is 5.91 Å². The van der Waals surface area contributed by atoms with Crippen molar-refractivity contribution in [2.75, 3.05) is 19.8 Å². The van der Waals surface area contributed by atoms with Crippen LogP contribution in [0.15, 0.2) is 0 Å². The molecular formula is C8H13NO2. The highest BCUT2D eigenvalue weighted by molar-refractivity contribution is 5.78. The third-order valence-electron chi connectivity index (χ3n) is 2.64. The Morgan fingerprint density at radius 2 is 2.36 bits per heavy atom. The quantitative estimate of drug-likeness (QED) is 0.585. The molecule has 0 aromatic rings. The number of ether oxygens (including phenoxy) is 1. The van der Waals surface area contributed by atoms with Gasteiger partial charge < -0.3 is 10.1 Å². The monoisotopic (exact) mass is 155 g/mol. The SMILES string of the molecule is O=C1CC(C2CCOC2)CN1. The van der Waals surface area contributed by atoms with Gasteiger partial charge in [-0.05, 0) is 18.3 Å². The van der Waals surface area contributed by atoms with Gasteiger partial charge in [0.2, 0.25) is 5.91 Å². The van der Waals surface area contributed by atoms with Gasteiger partial charge in [-0.1, -0.05) is 0 Å². The van der Waals surface area contributed by atoms with Gasteiger partial charge in [0.05, 0.1) is 0 Å². The Hall–Kier alpha value is -0.570. The van der Waals surface area contributed by atoms with Crippen LogP contribution in [0, 0.1) is 11.8 Å². The summed E-state index contributed by atoms with van der Waals surface area (Å²) in [6.45, 7) is 2.61. The highest BCUT2D eigenvalue weighted by Gasteiger charge is 2.31. The van der Waals surface area contributed by atoms with E-state index >= 15 is 0 Å². The summed E-state index contributed by atoms with van der Waals surface area (Å²) in [6.07, 6.45) is 1.85. The number of amides is 1.